The summed E-state index contributed by atoms with van der Waals surface area (Å²) in [6.07, 6.45) is 5.84. The van der Waals surface area contributed by atoms with Crippen molar-refractivity contribution in [2.24, 2.45) is 0 Å². The molecule has 1 unspecified atom stereocenters. The normalized spacial score (nSPS) is 22.0. The summed E-state index contributed by atoms with van der Waals surface area (Å²) in [5.74, 6) is 0. The van der Waals surface area contributed by atoms with Crippen LogP contribution >= 0.6 is 24.8 Å². The Labute approximate surface area is 113 Å². The van der Waals surface area contributed by atoms with E-state index < -0.39 is 0 Å². The van der Waals surface area contributed by atoms with E-state index >= 15 is 0 Å². The molecule has 0 aromatic heterocycles. The maximum atomic E-state index is 2.36. The van der Waals surface area contributed by atoms with Gasteiger partial charge in [-0.1, -0.05) is 0 Å². The van der Waals surface area contributed by atoms with Crippen LogP contribution in [0.25, 0.3) is 6.08 Å². The fourth-order valence-corrected chi connectivity index (χ4v) is 2.44. The summed E-state index contributed by atoms with van der Waals surface area (Å²) >= 11 is 1.60. The average Bonchev–Trinajstić information content (AvgIpc) is 2.46. The van der Waals surface area contributed by atoms with Crippen LogP contribution < -0.4 is 0 Å². The molecule has 0 aliphatic heterocycles. The van der Waals surface area contributed by atoms with Crippen LogP contribution in [0.4, 0.5) is 0 Å². The second kappa shape index (κ2) is 5.49. The molecule has 1 atom stereocenters. The van der Waals surface area contributed by atoms with Gasteiger partial charge in [-0.05, 0) is 0 Å². The van der Waals surface area contributed by atoms with Crippen LogP contribution in [0.15, 0.2) is 30.3 Å². The molecule has 1 aliphatic rings. The summed E-state index contributed by atoms with van der Waals surface area (Å²) in [7, 11) is 0. The van der Waals surface area contributed by atoms with E-state index in [0.29, 0.717) is 3.12 Å². The van der Waals surface area contributed by atoms with Crippen molar-refractivity contribution >= 4 is 30.9 Å². The third-order valence-electron chi connectivity index (χ3n) is 2.55. The van der Waals surface area contributed by atoms with Crippen LogP contribution in [0.2, 0.25) is 0 Å². The third-order valence-corrected chi connectivity index (χ3v) is 4.49. The molecule has 1 aromatic carbocycles. The Morgan fingerprint density at radius 3 is 2.50 bits per heavy atom. The first-order chi connectivity index (χ1) is 5.76. The topological polar surface area (TPSA) is 0 Å². The molecule has 0 radical (unpaired) electrons. The Hall–Kier alpha value is 0.423. The first-order valence-electron chi connectivity index (χ1n) is 4.30. The molecule has 0 bridgehead atoms. The van der Waals surface area contributed by atoms with Gasteiger partial charge in [0, 0.05) is 0 Å². The Kier molecular flexibility index (Phi) is 5.66. The van der Waals surface area contributed by atoms with Crippen LogP contribution in [-0.4, -0.2) is 0 Å². The van der Waals surface area contributed by atoms with Crippen LogP contribution in [-0.2, 0) is 27.8 Å². The van der Waals surface area contributed by atoms with Gasteiger partial charge in [-0.25, -0.2) is 0 Å². The number of hydrogen-bond donors (Lipinski definition) is 0. The molecular weight excluding hydrogens is 294 g/mol. The molecule has 2 rings (SSSR count). The monoisotopic (exact) mass is 305 g/mol. The van der Waals surface area contributed by atoms with E-state index in [-0.39, 0.29) is 24.8 Å². The number of benzene rings is 1. The molecule has 0 amide bonds. The Balaban J connectivity index is 0.000000845. The van der Waals surface area contributed by atoms with Gasteiger partial charge < -0.3 is 0 Å². The molecule has 0 saturated heterocycles. The van der Waals surface area contributed by atoms with Crippen LogP contribution in [0.5, 0.6) is 0 Å². The van der Waals surface area contributed by atoms with E-state index in [1.807, 2.05) is 0 Å². The van der Waals surface area contributed by atoms with Crippen LogP contribution in [0.1, 0.15) is 24.5 Å². The number of rotatable bonds is 1. The quantitative estimate of drug-likeness (QED) is 0.742. The van der Waals surface area contributed by atoms with Crippen LogP contribution in [0, 0.1) is 0 Å². The molecule has 0 N–H and O–H groups in total. The van der Waals surface area contributed by atoms with Gasteiger partial charge in [0.25, 0.3) is 0 Å². The van der Waals surface area contributed by atoms with Crippen molar-refractivity contribution in [2.45, 2.75) is 16.5 Å². The zero-order valence-electron chi connectivity index (χ0n) is 7.99. The van der Waals surface area contributed by atoms with Gasteiger partial charge >= 0.3 is 88.7 Å². The van der Waals surface area contributed by atoms with Crippen molar-refractivity contribution in [3.05, 3.63) is 41.5 Å². The molecule has 0 fully saturated rings. The molecule has 14 heavy (non-hydrogen) atoms. The second-order valence-electron chi connectivity index (χ2n) is 3.25. The van der Waals surface area contributed by atoms with Crippen LogP contribution in [0.3, 0.4) is 0 Å². The fourth-order valence-electron chi connectivity index (χ4n) is 1.68. The Morgan fingerprint density at radius 1 is 1.21 bits per heavy atom. The van der Waals surface area contributed by atoms with Crippen molar-refractivity contribution in [3.8, 4) is 0 Å². The first-order valence-corrected chi connectivity index (χ1v) is 5.53. The van der Waals surface area contributed by atoms with E-state index in [1.54, 1.807) is 24.7 Å². The van der Waals surface area contributed by atoms with E-state index in [2.05, 4.69) is 43.3 Å². The van der Waals surface area contributed by atoms with Gasteiger partial charge in [0.15, 0.2) is 0 Å². The van der Waals surface area contributed by atoms with Gasteiger partial charge in [-0.2, -0.15) is 0 Å². The smallest absolute Gasteiger partial charge is 0.147 e. The van der Waals surface area contributed by atoms with E-state index in [0.717, 1.165) is 0 Å². The summed E-state index contributed by atoms with van der Waals surface area (Å²) in [4.78, 5) is 0. The minimum absolute atomic E-state index is 0. The van der Waals surface area contributed by atoms with Gasteiger partial charge in [-0.3, -0.25) is 0 Å². The van der Waals surface area contributed by atoms with Gasteiger partial charge in [0.1, 0.15) is 0 Å². The summed E-state index contributed by atoms with van der Waals surface area (Å²) < 4.78 is 0.378. The molecule has 0 saturated carbocycles. The summed E-state index contributed by atoms with van der Waals surface area (Å²) in [5, 5.41) is 0. The molecule has 0 spiro atoms. The molecule has 1 aromatic rings. The van der Waals surface area contributed by atoms with Crippen molar-refractivity contribution in [1.82, 2.24) is 0 Å². The minimum atomic E-state index is 0. The van der Waals surface area contributed by atoms with Gasteiger partial charge in [0.2, 0.25) is 0 Å². The number of fused-ring (bicyclic) bond motifs is 1. The Bertz CT molecular complexity index is 336. The van der Waals surface area contributed by atoms with Crippen molar-refractivity contribution < 1.29 is 24.7 Å². The summed E-state index contributed by atoms with van der Waals surface area (Å²) in [5.41, 5.74) is 2.93. The maximum Gasteiger partial charge on any atom is -0.147 e. The number of halogens is 2. The largest absolute Gasteiger partial charge is 0.147 e. The summed E-state index contributed by atoms with van der Waals surface area (Å²) in [6.45, 7) is 2.26. The van der Waals surface area contributed by atoms with E-state index in [1.165, 1.54) is 17.5 Å². The number of allylic oxidation sites excluding steroid dienone is 1. The minimum Gasteiger partial charge on any atom is -0.147 e. The first kappa shape index (κ1) is 14.4. The fraction of sp³-hybridized carbons (Fsp3) is 0.273. The standard InChI is InChI=1S/C11H11.2ClH.Zr/c1-2-9-7-8-10-5-3-4-6-11(9)10;;;/h3-8H,2H2,1H3;2*1H;. The molecule has 75 valence electrons. The predicted molar refractivity (Wildman–Crippen MR) is 61.9 cm³/mol. The summed E-state index contributed by atoms with van der Waals surface area (Å²) in [6, 6.07) is 8.71. The SMILES string of the molecule is CC[C]1([Zr])C=Cc2ccccc21.Cl.Cl. The van der Waals surface area contributed by atoms with Gasteiger partial charge in [0.05, 0.1) is 0 Å². The molecule has 3 heteroatoms. The number of hydrogen-bond acceptors (Lipinski definition) is 0. The van der Waals surface area contributed by atoms with E-state index in [9.17, 15) is 0 Å². The zero-order chi connectivity index (χ0) is 8.60. The zero-order valence-corrected chi connectivity index (χ0v) is 12.1. The third kappa shape index (κ3) is 2.32. The average molecular weight is 307 g/mol. The second-order valence-corrected chi connectivity index (χ2v) is 5.44. The molecule has 1 aliphatic carbocycles. The van der Waals surface area contributed by atoms with Gasteiger partial charge in [-0.15, -0.1) is 24.8 Å². The van der Waals surface area contributed by atoms with E-state index in [4.69, 9.17) is 0 Å². The molecule has 0 nitrogen and oxygen atoms in total. The Morgan fingerprint density at radius 2 is 1.86 bits per heavy atom. The molecular formula is C11H13Cl2Zr. The van der Waals surface area contributed by atoms with Crippen molar-refractivity contribution in [1.29, 1.82) is 0 Å². The molecule has 0 heterocycles. The van der Waals surface area contributed by atoms with Crippen molar-refractivity contribution in [2.75, 3.05) is 0 Å². The maximum absolute atomic E-state index is 2.36. The van der Waals surface area contributed by atoms with Crippen molar-refractivity contribution in [3.63, 3.8) is 0 Å². The predicted octanol–water partition coefficient (Wildman–Crippen LogP) is 3.71.